The summed E-state index contributed by atoms with van der Waals surface area (Å²) in [5.74, 6) is 0.0370. The summed E-state index contributed by atoms with van der Waals surface area (Å²) in [4.78, 5) is 16.2. The van der Waals surface area contributed by atoms with E-state index in [4.69, 9.17) is 26.2 Å². The number of phenolic OH excluding ortho intramolecular Hbond substituents is 1. The Morgan fingerprint density at radius 1 is 1.25 bits per heavy atom. The summed E-state index contributed by atoms with van der Waals surface area (Å²) in [7, 11) is 0. The molecule has 0 aliphatic carbocycles. The number of aromatic hydroxyl groups is 1. The molecule has 64 valence electrons. The zero-order valence-electron chi connectivity index (χ0n) is 6.15. The molecule has 0 atom stereocenters. The van der Waals surface area contributed by atoms with Gasteiger partial charge in [0.25, 0.3) is 0 Å². The average Bonchev–Trinajstić information content (AvgIpc) is 1.99. The second-order valence-corrected chi connectivity index (χ2v) is 1.90. The molecule has 0 bridgehead atoms. The first kappa shape index (κ1) is 10.0. The first-order chi connectivity index (χ1) is 5.61. The molecule has 12 heavy (non-hydrogen) atoms. The van der Waals surface area contributed by atoms with Crippen molar-refractivity contribution in [2.45, 2.75) is 0 Å². The molecule has 0 heterocycles. The van der Waals surface area contributed by atoms with Crippen LogP contribution in [0.1, 0.15) is 0 Å². The zero-order valence-corrected chi connectivity index (χ0v) is 6.15. The Morgan fingerprint density at radius 2 is 1.75 bits per heavy atom. The van der Waals surface area contributed by atoms with Crippen molar-refractivity contribution in [2.24, 2.45) is 0 Å². The number of hydrogen-bond donors (Lipinski definition) is 3. The Kier molecular flexibility index (Phi) is 3.97. The molecule has 0 radical (unpaired) electrons. The zero-order chi connectivity index (χ0) is 9.56. The van der Waals surface area contributed by atoms with Gasteiger partial charge in [0.1, 0.15) is 5.75 Å². The van der Waals surface area contributed by atoms with Crippen molar-refractivity contribution in [3.63, 3.8) is 0 Å². The average molecular weight is 168 g/mol. The summed E-state index contributed by atoms with van der Waals surface area (Å²) >= 11 is 0. The van der Waals surface area contributed by atoms with Gasteiger partial charge in [-0.2, -0.15) is 9.59 Å². The van der Waals surface area contributed by atoms with Crippen LogP contribution in [0.15, 0.2) is 18.2 Å². The van der Waals surface area contributed by atoms with Crippen LogP contribution < -0.4 is 11.5 Å². The Bertz CT molecular complexity index is 293. The molecular formula is C7H8N2O3. The maximum atomic E-state index is 8.90. The van der Waals surface area contributed by atoms with Gasteiger partial charge in [0.15, 0.2) is 0 Å². The predicted octanol–water partition coefficient (Wildman–Crippen LogP) is -0.0269. The van der Waals surface area contributed by atoms with Crippen LogP contribution in [0.25, 0.3) is 0 Å². The Hall–Kier alpha value is -2.00. The molecule has 5 heteroatoms. The van der Waals surface area contributed by atoms with Crippen molar-refractivity contribution in [3.8, 4) is 5.75 Å². The van der Waals surface area contributed by atoms with Gasteiger partial charge in [0.05, 0.1) is 5.69 Å². The van der Waals surface area contributed by atoms with Gasteiger partial charge < -0.3 is 16.6 Å². The SMILES string of the molecule is Nc1ccc(N)c(O)c1.O=C=O. The lowest BCUT2D eigenvalue weighted by Crippen LogP contribution is -1.88. The van der Waals surface area contributed by atoms with Crippen LogP contribution in [0.4, 0.5) is 11.4 Å². The van der Waals surface area contributed by atoms with E-state index in [-0.39, 0.29) is 11.9 Å². The van der Waals surface area contributed by atoms with Crippen LogP contribution in [0.3, 0.4) is 0 Å². The number of rotatable bonds is 0. The van der Waals surface area contributed by atoms with Crippen LogP contribution in [0.2, 0.25) is 0 Å². The predicted molar refractivity (Wildman–Crippen MR) is 41.9 cm³/mol. The van der Waals surface area contributed by atoms with Gasteiger partial charge in [-0.1, -0.05) is 0 Å². The van der Waals surface area contributed by atoms with Gasteiger partial charge >= 0.3 is 6.15 Å². The highest BCUT2D eigenvalue weighted by molar-refractivity contribution is 5.58. The fourth-order valence-corrected chi connectivity index (χ4v) is 0.561. The van der Waals surface area contributed by atoms with Crippen LogP contribution in [-0.4, -0.2) is 11.3 Å². The van der Waals surface area contributed by atoms with E-state index in [0.29, 0.717) is 11.4 Å². The fourth-order valence-electron chi connectivity index (χ4n) is 0.561. The van der Waals surface area contributed by atoms with Gasteiger partial charge in [0.2, 0.25) is 0 Å². The molecule has 0 amide bonds. The summed E-state index contributed by atoms with van der Waals surface area (Å²) in [6.45, 7) is 0. The van der Waals surface area contributed by atoms with E-state index in [2.05, 4.69) is 0 Å². The van der Waals surface area contributed by atoms with E-state index < -0.39 is 0 Å². The van der Waals surface area contributed by atoms with Crippen molar-refractivity contribution >= 4 is 17.5 Å². The third kappa shape index (κ3) is 3.24. The summed E-state index contributed by atoms with van der Waals surface area (Å²) in [6, 6.07) is 4.61. The third-order valence-electron chi connectivity index (χ3n) is 1.05. The lowest BCUT2D eigenvalue weighted by Gasteiger charge is -1.97. The topological polar surface area (TPSA) is 106 Å². The van der Waals surface area contributed by atoms with Gasteiger partial charge in [0, 0.05) is 11.8 Å². The lowest BCUT2D eigenvalue weighted by molar-refractivity contribution is -0.191. The van der Waals surface area contributed by atoms with E-state index in [9.17, 15) is 0 Å². The number of nitrogens with two attached hydrogens (primary N) is 2. The van der Waals surface area contributed by atoms with Crippen molar-refractivity contribution in [1.82, 2.24) is 0 Å². The molecule has 5 nitrogen and oxygen atoms in total. The maximum absolute atomic E-state index is 8.90. The Labute approximate surface area is 68.6 Å². The Balaban J connectivity index is 0.000000354. The minimum atomic E-state index is 0.0370. The highest BCUT2D eigenvalue weighted by atomic mass is 16.3. The molecule has 1 aromatic carbocycles. The molecule has 0 aromatic heterocycles. The third-order valence-corrected chi connectivity index (χ3v) is 1.05. The van der Waals surface area contributed by atoms with E-state index >= 15 is 0 Å². The summed E-state index contributed by atoms with van der Waals surface area (Å²) in [6.07, 6.45) is 0.250. The summed E-state index contributed by atoms with van der Waals surface area (Å²) in [5.41, 5.74) is 11.5. The molecule has 1 aromatic rings. The van der Waals surface area contributed by atoms with E-state index in [1.54, 1.807) is 12.1 Å². The molecule has 0 saturated carbocycles. The quantitative estimate of drug-likeness (QED) is 0.372. The number of nitrogen functional groups attached to an aromatic ring is 2. The fraction of sp³-hybridized carbons (Fsp3) is 0. The molecule has 0 unspecified atom stereocenters. The van der Waals surface area contributed by atoms with E-state index in [1.165, 1.54) is 6.07 Å². The van der Waals surface area contributed by atoms with Crippen LogP contribution in [0.5, 0.6) is 5.75 Å². The summed E-state index contributed by atoms with van der Waals surface area (Å²) < 4.78 is 0. The standard InChI is InChI=1S/C6H8N2O.CO2/c7-4-1-2-5(8)6(9)3-4;2-1-3/h1-3,9H,7-8H2;. The highest BCUT2D eigenvalue weighted by Crippen LogP contribution is 2.21. The summed E-state index contributed by atoms with van der Waals surface area (Å²) in [5, 5.41) is 8.90. The van der Waals surface area contributed by atoms with Crippen molar-refractivity contribution in [2.75, 3.05) is 11.5 Å². The second-order valence-electron chi connectivity index (χ2n) is 1.90. The number of benzene rings is 1. The smallest absolute Gasteiger partial charge is 0.373 e. The molecule has 0 fully saturated rings. The lowest BCUT2D eigenvalue weighted by atomic mass is 10.3. The highest BCUT2D eigenvalue weighted by Gasteiger charge is 1.93. The van der Waals surface area contributed by atoms with Gasteiger partial charge in [-0.15, -0.1) is 0 Å². The van der Waals surface area contributed by atoms with Gasteiger partial charge in [-0.25, -0.2) is 0 Å². The second kappa shape index (κ2) is 4.76. The molecule has 5 N–H and O–H groups in total. The largest absolute Gasteiger partial charge is 0.506 e. The minimum Gasteiger partial charge on any atom is -0.506 e. The monoisotopic (exact) mass is 168 g/mol. The van der Waals surface area contributed by atoms with E-state index in [1.807, 2.05) is 0 Å². The van der Waals surface area contributed by atoms with Gasteiger partial charge in [-0.3, -0.25) is 0 Å². The van der Waals surface area contributed by atoms with Crippen molar-refractivity contribution in [3.05, 3.63) is 18.2 Å². The van der Waals surface area contributed by atoms with E-state index in [0.717, 1.165) is 0 Å². The van der Waals surface area contributed by atoms with Crippen LogP contribution >= 0.6 is 0 Å². The maximum Gasteiger partial charge on any atom is 0.373 e. The number of phenols is 1. The molecule has 0 aliphatic rings. The normalized spacial score (nSPS) is 7.67. The Morgan fingerprint density at radius 3 is 2.08 bits per heavy atom. The van der Waals surface area contributed by atoms with Gasteiger partial charge in [-0.05, 0) is 12.1 Å². The molecule has 0 spiro atoms. The number of hydrogen-bond acceptors (Lipinski definition) is 5. The van der Waals surface area contributed by atoms with Crippen molar-refractivity contribution in [1.29, 1.82) is 0 Å². The van der Waals surface area contributed by atoms with Crippen molar-refractivity contribution < 1.29 is 14.7 Å². The molecule has 1 rings (SSSR count). The molecular weight excluding hydrogens is 160 g/mol. The first-order valence-electron chi connectivity index (χ1n) is 2.95. The minimum absolute atomic E-state index is 0.0370. The number of carbonyl (C=O) groups excluding carboxylic acids is 2. The molecule has 0 aliphatic heterocycles. The van der Waals surface area contributed by atoms with Crippen LogP contribution in [0, 0.1) is 0 Å². The number of anilines is 2. The van der Waals surface area contributed by atoms with Crippen LogP contribution in [-0.2, 0) is 9.59 Å². The first-order valence-corrected chi connectivity index (χ1v) is 2.95. The molecule has 0 saturated heterocycles.